The van der Waals surface area contributed by atoms with E-state index in [1.807, 2.05) is 81.9 Å². The second kappa shape index (κ2) is 9.47. The molecule has 31 heavy (non-hydrogen) atoms. The van der Waals surface area contributed by atoms with E-state index < -0.39 is 0 Å². The topological polar surface area (TPSA) is 80.5 Å². The van der Waals surface area contributed by atoms with Crippen molar-refractivity contribution < 1.29 is 9.53 Å². The number of nitrogens with one attached hydrogen (secondary N) is 2. The molecule has 0 fully saturated rings. The summed E-state index contributed by atoms with van der Waals surface area (Å²) in [5.41, 5.74) is 6.47. The summed E-state index contributed by atoms with van der Waals surface area (Å²) in [6.07, 6.45) is 0. The number of hydrogen-bond acceptors (Lipinski definition) is 4. The Morgan fingerprint density at radius 2 is 1.84 bits per heavy atom. The molecular formula is C24H29N5O2. The number of carbonyl (C=O) groups is 1. The molecule has 0 aliphatic heterocycles. The van der Waals surface area contributed by atoms with Gasteiger partial charge in [0.1, 0.15) is 5.75 Å². The van der Waals surface area contributed by atoms with Crippen LogP contribution in [-0.4, -0.2) is 28.8 Å². The van der Waals surface area contributed by atoms with Gasteiger partial charge in [-0.1, -0.05) is 18.2 Å². The van der Waals surface area contributed by atoms with Crippen molar-refractivity contribution in [1.82, 2.24) is 15.1 Å². The molecule has 2 N–H and O–H groups in total. The van der Waals surface area contributed by atoms with E-state index in [4.69, 9.17) is 4.74 Å². The summed E-state index contributed by atoms with van der Waals surface area (Å²) < 4.78 is 7.26. The highest BCUT2D eigenvalue weighted by Gasteiger charge is 2.14. The maximum absolute atomic E-state index is 12.9. The Hall–Kier alpha value is -3.61. The van der Waals surface area contributed by atoms with Crippen molar-refractivity contribution in [3.05, 3.63) is 76.1 Å². The van der Waals surface area contributed by atoms with Gasteiger partial charge in [0.25, 0.3) is 5.91 Å². The van der Waals surface area contributed by atoms with E-state index in [9.17, 15) is 4.79 Å². The number of amides is 1. The Morgan fingerprint density at radius 1 is 1.10 bits per heavy atom. The van der Waals surface area contributed by atoms with E-state index in [2.05, 4.69) is 20.7 Å². The number of carbonyl (C=O) groups excluding carboxylic acids is 1. The third-order valence-corrected chi connectivity index (χ3v) is 5.42. The van der Waals surface area contributed by atoms with Gasteiger partial charge in [-0.25, -0.2) is 4.99 Å². The third-order valence-electron chi connectivity index (χ3n) is 5.42. The lowest BCUT2D eigenvalue weighted by Crippen LogP contribution is -2.36. The summed E-state index contributed by atoms with van der Waals surface area (Å²) in [6, 6.07) is 13.1. The lowest BCUT2D eigenvalue weighted by Gasteiger charge is -2.15. The number of guanidine groups is 1. The number of para-hydroxylation sites is 2. The minimum atomic E-state index is -0.233. The maximum atomic E-state index is 12.9. The van der Waals surface area contributed by atoms with Gasteiger partial charge in [0.05, 0.1) is 25.0 Å². The van der Waals surface area contributed by atoms with Crippen LogP contribution < -0.4 is 15.4 Å². The van der Waals surface area contributed by atoms with Crippen molar-refractivity contribution in [2.24, 2.45) is 12.0 Å². The SMILES string of the molecule is COc1ccccc1NC(=NCc1c(C)nn(C)c1C)NC(=O)c1ccc(C)c(C)c1. The number of aromatic nitrogens is 2. The number of aryl methyl sites for hydroxylation is 4. The lowest BCUT2D eigenvalue weighted by atomic mass is 10.1. The highest BCUT2D eigenvalue weighted by atomic mass is 16.5. The normalized spacial score (nSPS) is 11.4. The van der Waals surface area contributed by atoms with Crippen molar-refractivity contribution in [3.8, 4) is 5.75 Å². The molecule has 1 amide bonds. The zero-order chi connectivity index (χ0) is 22.5. The number of anilines is 1. The average molecular weight is 420 g/mol. The Labute approximate surface area is 183 Å². The molecule has 0 spiro atoms. The molecule has 0 saturated heterocycles. The van der Waals surface area contributed by atoms with E-state index >= 15 is 0 Å². The molecule has 162 valence electrons. The number of nitrogens with zero attached hydrogens (tertiary/aromatic N) is 3. The molecular weight excluding hydrogens is 390 g/mol. The smallest absolute Gasteiger partial charge is 0.257 e. The summed E-state index contributed by atoms with van der Waals surface area (Å²) in [5, 5.41) is 10.6. The van der Waals surface area contributed by atoms with Crippen LogP contribution in [0.1, 0.15) is 38.4 Å². The van der Waals surface area contributed by atoms with Crippen LogP contribution in [0.15, 0.2) is 47.5 Å². The van der Waals surface area contributed by atoms with Crippen LogP contribution in [0.2, 0.25) is 0 Å². The summed E-state index contributed by atoms with van der Waals surface area (Å²) in [4.78, 5) is 17.6. The quantitative estimate of drug-likeness (QED) is 0.483. The summed E-state index contributed by atoms with van der Waals surface area (Å²) >= 11 is 0. The molecule has 0 saturated carbocycles. The van der Waals surface area contributed by atoms with Crippen molar-refractivity contribution >= 4 is 17.6 Å². The first kappa shape index (κ1) is 22.1. The fourth-order valence-electron chi connectivity index (χ4n) is 3.25. The Bertz CT molecular complexity index is 1130. The molecule has 3 aromatic rings. The molecule has 0 bridgehead atoms. The monoisotopic (exact) mass is 419 g/mol. The molecule has 0 aliphatic carbocycles. The van der Waals surface area contributed by atoms with Crippen LogP contribution in [-0.2, 0) is 13.6 Å². The molecule has 1 heterocycles. The van der Waals surface area contributed by atoms with Gasteiger partial charge in [-0.2, -0.15) is 5.10 Å². The molecule has 3 rings (SSSR count). The number of methoxy groups -OCH3 is 1. The first-order valence-electron chi connectivity index (χ1n) is 10.1. The number of rotatable bonds is 5. The van der Waals surface area contributed by atoms with Gasteiger partial charge in [0, 0.05) is 23.9 Å². The molecule has 1 aromatic heterocycles. The maximum Gasteiger partial charge on any atom is 0.257 e. The van der Waals surface area contributed by atoms with Crippen LogP contribution in [0, 0.1) is 27.7 Å². The van der Waals surface area contributed by atoms with Gasteiger partial charge < -0.3 is 10.1 Å². The van der Waals surface area contributed by atoms with Gasteiger partial charge in [0.2, 0.25) is 5.96 Å². The lowest BCUT2D eigenvalue weighted by molar-refractivity contribution is 0.0977. The van der Waals surface area contributed by atoms with Crippen molar-refractivity contribution in [2.45, 2.75) is 34.2 Å². The second-order valence-electron chi connectivity index (χ2n) is 7.52. The zero-order valence-electron chi connectivity index (χ0n) is 18.9. The van der Waals surface area contributed by atoms with Crippen LogP contribution in [0.4, 0.5) is 5.69 Å². The highest BCUT2D eigenvalue weighted by Crippen LogP contribution is 2.23. The van der Waals surface area contributed by atoms with Crippen LogP contribution in [0.25, 0.3) is 0 Å². The number of aliphatic imine (C=N–C) groups is 1. The highest BCUT2D eigenvalue weighted by molar-refractivity contribution is 6.10. The zero-order valence-corrected chi connectivity index (χ0v) is 18.9. The fourth-order valence-corrected chi connectivity index (χ4v) is 3.25. The van der Waals surface area contributed by atoms with Crippen molar-refractivity contribution in [1.29, 1.82) is 0 Å². The molecule has 7 nitrogen and oxygen atoms in total. The van der Waals surface area contributed by atoms with Gasteiger partial charge in [-0.05, 0) is 63.1 Å². The molecule has 0 atom stereocenters. The first-order valence-corrected chi connectivity index (χ1v) is 10.1. The fraction of sp³-hybridized carbons (Fsp3) is 0.292. The van der Waals surface area contributed by atoms with Gasteiger partial charge in [0.15, 0.2) is 0 Å². The van der Waals surface area contributed by atoms with Crippen molar-refractivity contribution in [3.63, 3.8) is 0 Å². The molecule has 0 unspecified atom stereocenters. The molecule has 0 aliphatic rings. The Morgan fingerprint density at radius 3 is 2.48 bits per heavy atom. The van der Waals surface area contributed by atoms with E-state index in [0.29, 0.717) is 29.5 Å². The van der Waals surface area contributed by atoms with Gasteiger partial charge in [-0.3, -0.25) is 14.8 Å². The summed E-state index contributed by atoms with van der Waals surface area (Å²) in [6.45, 7) is 8.36. The van der Waals surface area contributed by atoms with Crippen LogP contribution >= 0.6 is 0 Å². The van der Waals surface area contributed by atoms with Crippen LogP contribution in [0.3, 0.4) is 0 Å². The third kappa shape index (κ3) is 5.12. The second-order valence-corrected chi connectivity index (χ2v) is 7.52. The van der Waals surface area contributed by atoms with E-state index in [1.165, 1.54) is 0 Å². The molecule has 2 aromatic carbocycles. The van der Waals surface area contributed by atoms with Gasteiger partial charge >= 0.3 is 0 Å². The minimum absolute atomic E-state index is 0.233. The largest absolute Gasteiger partial charge is 0.495 e. The Balaban J connectivity index is 1.91. The molecule has 7 heteroatoms. The predicted octanol–water partition coefficient (Wildman–Crippen LogP) is 4.06. The van der Waals surface area contributed by atoms with E-state index in [0.717, 1.165) is 28.1 Å². The summed E-state index contributed by atoms with van der Waals surface area (Å²) in [7, 11) is 3.51. The predicted molar refractivity (Wildman–Crippen MR) is 124 cm³/mol. The number of hydrogen-bond donors (Lipinski definition) is 2. The van der Waals surface area contributed by atoms with Gasteiger partial charge in [-0.15, -0.1) is 0 Å². The first-order chi connectivity index (χ1) is 14.8. The number of benzene rings is 2. The number of ether oxygens (including phenoxy) is 1. The Kier molecular flexibility index (Phi) is 6.74. The standard InChI is InChI=1S/C24H29N5O2/c1-15-11-12-19(13-16(15)2)23(30)27-24(26-21-9-7-8-10-22(21)31-6)25-14-20-17(3)28-29(5)18(20)4/h7-13H,14H2,1-6H3,(H2,25,26,27,30). The summed E-state index contributed by atoms with van der Waals surface area (Å²) in [5.74, 6) is 0.767. The van der Waals surface area contributed by atoms with Crippen LogP contribution in [0.5, 0.6) is 5.75 Å². The van der Waals surface area contributed by atoms with Crippen molar-refractivity contribution in [2.75, 3.05) is 12.4 Å². The molecule has 0 radical (unpaired) electrons. The minimum Gasteiger partial charge on any atom is -0.495 e. The van der Waals surface area contributed by atoms with E-state index in [1.54, 1.807) is 7.11 Å². The average Bonchev–Trinajstić information content (AvgIpc) is 2.99. The van der Waals surface area contributed by atoms with E-state index in [-0.39, 0.29) is 5.91 Å².